The van der Waals surface area contributed by atoms with Gasteiger partial charge < -0.3 is 19.8 Å². The highest BCUT2D eigenvalue weighted by Crippen LogP contribution is 2.23. The van der Waals surface area contributed by atoms with Crippen molar-refractivity contribution in [3.8, 4) is 0 Å². The second-order valence-corrected chi connectivity index (χ2v) is 7.41. The van der Waals surface area contributed by atoms with Crippen molar-refractivity contribution in [3.63, 3.8) is 0 Å². The maximum absolute atomic E-state index is 12.7. The molecule has 1 aromatic heterocycles. The van der Waals surface area contributed by atoms with Gasteiger partial charge in [-0.1, -0.05) is 17.7 Å². The molecule has 0 unspecified atom stereocenters. The largest absolute Gasteiger partial charge is 0.461 e. The van der Waals surface area contributed by atoms with E-state index in [1.165, 1.54) is 4.90 Å². The van der Waals surface area contributed by atoms with Crippen LogP contribution in [0.2, 0.25) is 0 Å². The van der Waals surface area contributed by atoms with Gasteiger partial charge in [-0.2, -0.15) is 0 Å². The van der Waals surface area contributed by atoms with E-state index in [2.05, 4.69) is 0 Å². The van der Waals surface area contributed by atoms with Crippen LogP contribution in [-0.2, 0) is 32.3 Å². The van der Waals surface area contributed by atoms with Crippen LogP contribution in [0, 0.1) is 6.92 Å². The van der Waals surface area contributed by atoms with E-state index in [-0.39, 0.29) is 38.4 Å². The number of esters is 1. The summed E-state index contributed by atoms with van der Waals surface area (Å²) in [6.45, 7) is 1.99. The van der Waals surface area contributed by atoms with Gasteiger partial charge in [-0.15, -0.1) is 0 Å². The first-order chi connectivity index (χ1) is 14.8. The smallest absolute Gasteiger partial charge is 0.332 e. The van der Waals surface area contributed by atoms with Crippen LogP contribution < -0.4 is 10.6 Å². The molecule has 164 valence electrons. The first kappa shape index (κ1) is 22.1. The van der Waals surface area contributed by atoms with E-state index >= 15 is 0 Å². The number of rotatable bonds is 10. The summed E-state index contributed by atoms with van der Waals surface area (Å²) in [7, 11) is 0. The van der Waals surface area contributed by atoms with E-state index < -0.39 is 17.9 Å². The summed E-state index contributed by atoms with van der Waals surface area (Å²) in [5, 5.41) is 0. The third-order valence-corrected chi connectivity index (χ3v) is 4.82. The van der Waals surface area contributed by atoms with E-state index in [1.54, 1.807) is 24.3 Å². The number of imide groups is 1. The number of anilines is 1. The van der Waals surface area contributed by atoms with Crippen LogP contribution in [0.15, 0.2) is 40.8 Å². The van der Waals surface area contributed by atoms with Crippen molar-refractivity contribution >= 4 is 29.5 Å². The lowest BCUT2D eigenvalue weighted by Gasteiger charge is -2.16. The van der Waals surface area contributed by atoms with Crippen molar-refractivity contribution in [2.24, 2.45) is 5.73 Å². The molecule has 1 aliphatic rings. The number of furan rings is 1. The lowest BCUT2D eigenvalue weighted by atomic mass is 10.2. The summed E-state index contributed by atoms with van der Waals surface area (Å²) in [5.41, 5.74) is 6.62. The minimum Gasteiger partial charge on any atom is -0.461 e. The maximum atomic E-state index is 12.7. The third-order valence-electron chi connectivity index (χ3n) is 4.82. The number of nitrogens with two attached hydrogens (primary N) is 1. The van der Waals surface area contributed by atoms with Crippen LogP contribution in [0.25, 0.3) is 0 Å². The molecule has 4 amide bonds. The topological polar surface area (TPSA) is 123 Å². The summed E-state index contributed by atoms with van der Waals surface area (Å²) in [6, 6.07) is 10.1. The van der Waals surface area contributed by atoms with Gasteiger partial charge >= 0.3 is 12.0 Å². The average molecular weight is 427 g/mol. The van der Waals surface area contributed by atoms with Crippen molar-refractivity contribution < 1.29 is 28.3 Å². The van der Waals surface area contributed by atoms with Gasteiger partial charge in [0.2, 0.25) is 5.91 Å². The zero-order valence-electron chi connectivity index (χ0n) is 17.3. The fraction of sp³-hybridized carbons (Fsp3) is 0.364. The molecule has 31 heavy (non-hydrogen) atoms. The van der Waals surface area contributed by atoms with Gasteiger partial charge in [-0.25, -0.2) is 9.69 Å². The van der Waals surface area contributed by atoms with Gasteiger partial charge in [0, 0.05) is 12.8 Å². The number of hydrogen-bond acceptors (Lipinski definition) is 6. The monoisotopic (exact) mass is 427 g/mol. The second-order valence-electron chi connectivity index (χ2n) is 7.41. The molecular weight excluding hydrogens is 402 g/mol. The molecule has 9 nitrogen and oxygen atoms in total. The summed E-state index contributed by atoms with van der Waals surface area (Å²) in [6.07, 6.45) is 1.50. The lowest BCUT2D eigenvalue weighted by molar-refractivity contribution is -0.145. The number of benzene rings is 1. The van der Waals surface area contributed by atoms with E-state index in [4.69, 9.17) is 14.9 Å². The Labute approximate surface area is 179 Å². The van der Waals surface area contributed by atoms with Crippen molar-refractivity contribution in [1.82, 2.24) is 4.90 Å². The van der Waals surface area contributed by atoms with Crippen molar-refractivity contribution in [1.29, 1.82) is 0 Å². The molecule has 1 aromatic carbocycles. The van der Waals surface area contributed by atoms with Crippen LogP contribution in [0.5, 0.6) is 0 Å². The number of carbonyl (C=O) groups is 4. The molecule has 0 radical (unpaired) electrons. The summed E-state index contributed by atoms with van der Waals surface area (Å²) < 4.78 is 10.8. The lowest BCUT2D eigenvalue weighted by Crippen LogP contribution is -2.32. The van der Waals surface area contributed by atoms with Gasteiger partial charge in [0.1, 0.15) is 24.7 Å². The molecule has 9 heteroatoms. The number of ether oxygens (including phenoxy) is 1. The molecular formula is C22H25N3O6. The SMILES string of the molecule is Cc1ccc(N2C(=O)CN(Cc3ccc(COC(=O)CCCCC(N)=O)o3)C2=O)cc1. The number of aryl methyl sites for hydroxylation is 1. The number of hydrogen-bond donors (Lipinski definition) is 1. The summed E-state index contributed by atoms with van der Waals surface area (Å²) in [4.78, 5) is 50.0. The molecule has 0 spiro atoms. The molecule has 1 fully saturated rings. The Bertz CT molecular complexity index is 966. The van der Waals surface area contributed by atoms with E-state index in [0.29, 0.717) is 30.0 Å². The number of carbonyl (C=O) groups excluding carboxylic acids is 4. The van der Waals surface area contributed by atoms with Crippen molar-refractivity contribution in [3.05, 3.63) is 53.5 Å². The quantitative estimate of drug-likeness (QED) is 0.353. The van der Waals surface area contributed by atoms with E-state index in [1.807, 2.05) is 19.1 Å². The Hall–Kier alpha value is -3.62. The van der Waals surface area contributed by atoms with Crippen LogP contribution in [0.1, 0.15) is 42.8 Å². The molecule has 1 saturated heterocycles. The Balaban J connectivity index is 1.49. The number of urea groups is 1. The van der Waals surface area contributed by atoms with E-state index in [0.717, 1.165) is 10.5 Å². The third kappa shape index (κ3) is 5.94. The fourth-order valence-corrected chi connectivity index (χ4v) is 3.19. The first-order valence-electron chi connectivity index (χ1n) is 10.0. The van der Waals surface area contributed by atoms with Gasteiger partial charge in [-0.3, -0.25) is 14.4 Å². The molecule has 0 bridgehead atoms. The first-order valence-corrected chi connectivity index (χ1v) is 10.0. The fourth-order valence-electron chi connectivity index (χ4n) is 3.19. The molecule has 1 aliphatic heterocycles. The summed E-state index contributed by atoms with van der Waals surface area (Å²) >= 11 is 0. The van der Waals surface area contributed by atoms with Crippen molar-refractivity contribution in [2.45, 2.75) is 45.8 Å². The Kier molecular flexibility index (Phi) is 7.07. The van der Waals surface area contributed by atoms with Gasteiger partial charge in [-0.05, 0) is 44.0 Å². The average Bonchev–Trinajstić information content (AvgIpc) is 3.28. The Morgan fingerprint density at radius 1 is 1.03 bits per heavy atom. The Morgan fingerprint density at radius 3 is 2.42 bits per heavy atom. The highest BCUT2D eigenvalue weighted by molar-refractivity contribution is 6.19. The second kappa shape index (κ2) is 9.92. The number of unbranched alkanes of at least 4 members (excludes halogenated alkanes) is 1. The van der Waals surface area contributed by atoms with Crippen LogP contribution >= 0.6 is 0 Å². The molecule has 2 N–H and O–H groups in total. The van der Waals surface area contributed by atoms with Crippen LogP contribution in [-0.4, -0.2) is 35.3 Å². The van der Waals surface area contributed by atoms with E-state index in [9.17, 15) is 19.2 Å². The minimum atomic E-state index is -0.408. The zero-order chi connectivity index (χ0) is 22.4. The standard InChI is InChI=1S/C22H25N3O6/c1-15-6-8-16(9-7-15)25-20(27)13-24(22(25)29)12-17-10-11-18(31-17)14-30-21(28)5-3-2-4-19(23)26/h6-11H,2-5,12-14H2,1H3,(H2,23,26). The molecule has 0 aliphatic carbocycles. The Morgan fingerprint density at radius 2 is 1.71 bits per heavy atom. The van der Waals surface area contributed by atoms with Crippen LogP contribution in [0.3, 0.4) is 0 Å². The number of amides is 4. The summed E-state index contributed by atoms with van der Waals surface area (Å²) in [5.74, 6) is -0.160. The predicted octanol–water partition coefficient (Wildman–Crippen LogP) is 2.65. The molecule has 0 saturated carbocycles. The highest BCUT2D eigenvalue weighted by atomic mass is 16.5. The van der Waals surface area contributed by atoms with Crippen molar-refractivity contribution in [2.75, 3.05) is 11.4 Å². The van der Waals surface area contributed by atoms with Gasteiger partial charge in [0.05, 0.1) is 12.2 Å². The minimum absolute atomic E-state index is 0.0307. The highest BCUT2D eigenvalue weighted by Gasteiger charge is 2.37. The molecule has 0 atom stereocenters. The normalized spacial score (nSPS) is 13.7. The maximum Gasteiger partial charge on any atom is 0.332 e. The zero-order valence-corrected chi connectivity index (χ0v) is 17.3. The van der Waals surface area contributed by atoms with Gasteiger partial charge in [0.25, 0.3) is 5.91 Å². The molecule has 3 rings (SSSR count). The number of nitrogens with zero attached hydrogens (tertiary/aromatic N) is 2. The number of primary amides is 1. The predicted molar refractivity (Wildman–Crippen MR) is 111 cm³/mol. The van der Waals surface area contributed by atoms with Gasteiger partial charge in [0.15, 0.2) is 0 Å². The van der Waals surface area contributed by atoms with Crippen LogP contribution in [0.4, 0.5) is 10.5 Å². The molecule has 2 heterocycles. The molecule has 2 aromatic rings.